The first-order valence-corrected chi connectivity index (χ1v) is 12.2. The number of hydrogen-bond acceptors (Lipinski definition) is 5. The average molecular weight is 488 g/mol. The number of carbonyl (C=O) groups is 2. The number of nitrogens with one attached hydrogen (secondary N) is 2. The van der Waals surface area contributed by atoms with Crippen molar-refractivity contribution in [3.63, 3.8) is 0 Å². The van der Waals surface area contributed by atoms with Crippen LogP contribution in [-0.2, 0) is 9.53 Å². The second kappa shape index (κ2) is 11.8. The van der Waals surface area contributed by atoms with Crippen molar-refractivity contribution in [2.24, 2.45) is 5.92 Å². The van der Waals surface area contributed by atoms with E-state index in [-0.39, 0.29) is 23.8 Å². The van der Waals surface area contributed by atoms with E-state index < -0.39 is 0 Å². The van der Waals surface area contributed by atoms with Crippen LogP contribution in [0.1, 0.15) is 24.2 Å². The van der Waals surface area contributed by atoms with Crippen LogP contribution in [0.4, 0.5) is 11.4 Å². The Morgan fingerprint density at radius 3 is 2.19 bits per heavy atom. The van der Waals surface area contributed by atoms with Crippen molar-refractivity contribution in [1.82, 2.24) is 4.90 Å². The van der Waals surface area contributed by atoms with E-state index in [4.69, 9.17) is 9.47 Å². The minimum atomic E-state index is -0.306. The van der Waals surface area contributed by atoms with Crippen LogP contribution >= 0.6 is 0 Å². The fraction of sp³-hybridized carbons (Fsp3) is 0.310. The number of rotatable bonds is 8. The van der Waals surface area contributed by atoms with Crippen molar-refractivity contribution >= 4 is 23.2 Å². The number of morpholine rings is 1. The van der Waals surface area contributed by atoms with Crippen molar-refractivity contribution in [3.8, 4) is 16.9 Å². The summed E-state index contributed by atoms with van der Waals surface area (Å²) in [5.74, 6) is 0.212. The van der Waals surface area contributed by atoms with Gasteiger partial charge in [0.05, 0.1) is 32.1 Å². The first-order chi connectivity index (χ1) is 17.5. The van der Waals surface area contributed by atoms with Gasteiger partial charge in [-0.1, -0.05) is 56.3 Å². The Morgan fingerprint density at radius 2 is 1.56 bits per heavy atom. The predicted molar refractivity (Wildman–Crippen MR) is 142 cm³/mol. The van der Waals surface area contributed by atoms with Gasteiger partial charge in [-0.05, 0) is 47.4 Å². The van der Waals surface area contributed by atoms with Crippen LogP contribution < -0.4 is 15.4 Å². The first-order valence-electron chi connectivity index (χ1n) is 12.2. The number of methoxy groups -OCH3 is 1. The number of amides is 2. The van der Waals surface area contributed by atoms with E-state index in [0.29, 0.717) is 49.0 Å². The number of anilines is 2. The van der Waals surface area contributed by atoms with E-state index in [2.05, 4.69) is 15.5 Å². The van der Waals surface area contributed by atoms with Gasteiger partial charge < -0.3 is 20.1 Å². The van der Waals surface area contributed by atoms with Gasteiger partial charge in [-0.3, -0.25) is 14.5 Å². The van der Waals surface area contributed by atoms with E-state index in [0.717, 1.165) is 11.1 Å². The lowest BCUT2D eigenvalue weighted by Crippen LogP contribution is -2.51. The van der Waals surface area contributed by atoms with Crippen LogP contribution in [0.2, 0.25) is 0 Å². The molecule has 0 aromatic heterocycles. The third-order valence-electron chi connectivity index (χ3n) is 6.31. The van der Waals surface area contributed by atoms with Crippen LogP contribution in [0.3, 0.4) is 0 Å². The molecule has 1 aliphatic heterocycles. The number of benzene rings is 3. The molecule has 3 aromatic carbocycles. The summed E-state index contributed by atoms with van der Waals surface area (Å²) in [5, 5.41) is 5.93. The Balaban J connectivity index is 1.48. The number of ether oxygens (including phenoxy) is 2. The Bertz CT molecular complexity index is 1170. The van der Waals surface area contributed by atoms with Gasteiger partial charge in [0.15, 0.2) is 0 Å². The summed E-state index contributed by atoms with van der Waals surface area (Å²) in [6.07, 6.45) is 0. The Hall–Kier alpha value is -3.68. The zero-order valence-corrected chi connectivity index (χ0v) is 21.0. The summed E-state index contributed by atoms with van der Waals surface area (Å²) < 4.78 is 10.9. The summed E-state index contributed by atoms with van der Waals surface area (Å²) in [6, 6.07) is 22.5. The Labute approximate surface area is 212 Å². The molecule has 1 aliphatic rings. The Kier molecular flexibility index (Phi) is 8.36. The molecule has 3 aromatic rings. The molecule has 2 N–H and O–H groups in total. The zero-order valence-electron chi connectivity index (χ0n) is 21.0. The molecule has 7 nitrogen and oxygen atoms in total. The highest BCUT2D eigenvalue weighted by Gasteiger charge is 2.30. The molecule has 36 heavy (non-hydrogen) atoms. The van der Waals surface area contributed by atoms with Crippen molar-refractivity contribution in [1.29, 1.82) is 0 Å². The molecule has 1 heterocycles. The topological polar surface area (TPSA) is 79.9 Å². The van der Waals surface area contributed by atoms with E-state index in [1.165, 1.54) is 0 Å². The molecule has 4 rings (SSSR count). The number of nitrogens with zero attached hydrogens (tertiary/aromatic N) is 1. The third kappa shape index (κ3) is 6.11. The molecule has 188 valence electrons. The van der Waals surface area contributed by atoms with Crippen molar-refractivity contribution in [3.05, 3.63) is 78.4 Å². The van der Waals surface area contributed by atoms with Gasteiger partial charge in [-0.15, -0.1) is 0 Å². The van der Waals surface area contributed by atoms with Crippen LogP contribution in [0.15, 0.2) is 72.8 Å². The zero-order chi connectivity index (χ0) is 25.5. The van der Waals surface area contributed by atoms with Gasteiger partial charge in [0.25, 0.3) is 5.91 Å². The van der Waals surface area contributed by atoms with Crippen LogP contribution in [0.25, 0.3) is 11.1 Å². The molecule has 1 atom stereocenters. The van der Waals surface area contributed by atoms with Gasteiger partial charge in [0, 0.05) is 24.3 Å². The largest absolute Gasteiger partial charge is 0.495 e. The van der Waals surface area contributed by atoms with Gasteiger partial charge in [0.2, 0.25) is 5.91 Å². The quantitative estimate of drug-likeness (QED) is 0.472. The summed E-state index contributed by atoms with van der Waals surface area (Å²) >= 11 is 0. The third-order valence-corrected chi connectivity index (χ3v) is 6.31. The molecule has 1 unspecified atom stereocenters. The number of carbonyl (C=O) groups excluding carboxylic acids is 2. The SMILES string of the molecule is COc1ccc(C(=O)Nc2ccc(-c3ccccc3)cc2)cc1NC(=O)C(C(C)C)N1CCOCC1. The lowest BCUT2D eigenvalue weighted by atomic mass is 10.0. The van der Waals surface area contributed by atoms with Crippen molar-refractivity contribution in [2.45, 2.75) is 19.9 Å². The normalized spacial score (nSPS) is 14.8. The summed E-state index contributed by atoms with van der Waals surface area (Å²) in [7, 11) is 1.54. The van der Waals surface area contributed by atoms with Gasteiger partial charge >= 0.3 is 0 Å². The molecule has 0 spiro atoms. The number of hydrogen-bond donors (Lipinski definition) is 2. The maximum atomic E-state index is 13.3. The highest BCUT2D eigenvalue weighted by atomic mass is 16.5. The molecule has 1 fully saturated rings. The molecule has 0 radical (unpaired) electrons. The van der Waals surface area contributed by atoms with E-state index in [1.54, 1.807) is 25.3 Å². The summed E-state index contributed by atoms with van der Waals surface area (Å²) in [5.41, 5.74) is 3.76. The van der Waals surface area contributed by atoms with E-state index in [1.807, 2.05) is 68.4 Å². The lowest BCUT2D eigenvalue weighted by Gasteiger charge is -2.35. The second-order valence-electron chi connectivity index (χ2n) is 9.14. The molecule has 2 amide bonds. The molecular formula is C29H33N3O4. The van der Waals surface area contributed by atoms with Crippen LogP contribution in [0.5, 0.6) is 5.75 Å². The van der Waals surface area contributed by atoms with Crippen LogP contribution in [-0.4, -0.2) is 56.2 Å². The van der Waals surface area contributed by atoms with Crippen molar-refractivity contribution < 1.29 is 19.1 Å². The summed E-state index contributed by atoms with van der Waals surface area (Å²) in [6.45, 7) is 6.70. The van der Waals surface area contributed by atoms with Gasteiger partial charge in [0.1, 0.15) is 5.75 Å². The molecule has 0 saturated carbocycles. The van der Waals surface area contributed by atoms with Gasteiger partial charge in [-0.2, -0.15) is 0 Å². The van der Waals surface area contributed by atoms with E-state index in [9.17, 15) is 9.59 Å². The highest BCUT2D eigenvalue weighted by molar-refractivity contribution is 6.06. The fourth-order valence-corrected chi connectivity index (χ4v) is 4.48. The second-order valence-corrected chi connectivity index (χ2v) is 9.14. The van der Waals surface area contributed by atoms with Crippen molar-refractivity contribution in [2.75, 3.05) is 44.0 Å². The predicted octanol–water partition coefficient (Wildman–Crippen LogP) is 4.91. The molecule has 0 bridgehead atoms. The van der Waals surface area contributed by atoms with Crippen LogP contribution in [0, 0.1) is 5.92 Å². The molecular weight excluding hydrogens is 454 g/mol. The maximum absolute atomic E-state index is 13.3. The van der Waals surface area contributed by atoms with Gasteiger partial charge in [-0.25, -0.2) is 0 Å². The lowest BCUT2D eigenvalue weighted by molar-refractivity contribution is -0.124. The first kappa shape index (κ1) is 25.4. The maximum Gasteiger partial charge on any atom is 0.255 e. The molecule has 1 saturated heterocycles. The monoisotopic (exact) mass is 487 g/mol. The average Bonchev–Trinajstić information content (AvgIpc) is 2.90. The minimum absolute atomic E-state index is 0.111. The fourth-order valence-electron chi connectivity index (χ4n) is 4.48. The Morgan fingerprint density at radius 1 is 0.889 bits per heavy atom. The standard InChI is InChI=1S/C29H33N3O4/c1-20(2)27(32-15-17-36-18-16-32)29(34)31-25-19-23(11-14-26(25)35-3)28(33)30-24-12-9-22(10-13-24)21-7-5-4-6-8-21/h4-14,19-20,27H,15-18H2,1-3H3,(H,30,33)(H,31,34). The van der Waals surface area contributed by atoms with E-state index >= 15 is 0 Å². The molecule has 0 aliphatic carbocycles. The molecule has 7 heteroatoms. The smallest absolute Gasteiger partial charge is 0.255 e. The minimum Gasteiger partial charge on any atom is -0.495 e. The summed E-state index contributed by atoms with van der Waals surface area (Å²) in [4.78, 5) is 28.4. The highest BCUT2D eigenvalue weighted by Crippen LogP contribution is 2.28.